The second-order valence-electron chi connectivity index (χ2n) is 3.38. The van der Waals surface area contributed by atoms with Crippen LogP contribution in [0, 0.1) is 0 Å². The van der Waals surface area contributed by atoms with Crippen molar-refractivity contribution in [3.05, 3.63) is 45.2 Å². The second kappa shape index (κ2) is 5.24. The number of H-pyrrole nitrogens is 1. The summed E-state index contributed by atoms with van der Waals surface area (Å²) in [5.74, 6) is 0.121. The number of anilines is 1. The lowest BCUT2D eigenvalue weighted by Gasteiger charge is -2.04. The number of hydrogen-bond acceptors (Lipinski definition) is 5. The molecule has 0 saturated carbocycles. The highest BCUT2D eigenvalue weighted by Gasteiger charge is 2.07. The number of rotatable bonds is 3. The van der Waals surface area contributed by atoms with E-state index in [1.165, 1.54) is 6.07 Å². The van der Waals surface area contributed by atoms with Gasteiger partial charge in [0.2, 0.25) is 0 Å². The van der Waals surface area contributed by atoms with Crippen molar-refractivity contribution in [1.29, 1.82) is 0 Å². The van der Waals surface area contributed by atoms with Crippen LogP contribution in [0.1, 0.15) is 10.4 Å². The molecule has 1 aromatic heterocycles. The summed E-state index contributed by atoms with van der Waals surface area (Å²) in [5.41, 5.74) is 5.59. The van der Waals surface area contributed by atoms with Crippen LogP contribution >= 0.6 is 23.4 Å². The van der Waals surface area contributed by atoms with Gasteiger partial charge in [-0.3, -0.25) is 9.59 Å². The third-order valence-electron chi connectivity index (χ3n) is 2.05. The lowest BCUT2D eigenvalue weighted by Crippen LogP contribution is -2.09. The minimum absolute atomic E-state index is 0.121. The normalized spacial score (nSPS) is 10.3. The smallest absolute Gasteiger partial charge is 0.253 e. The molecular weight excluding hydrogens is 274 g/mol. The lowest BCUT2D eigenvalue weighted by molar-refractivity contribution is 0.112. The Morgan fingerprint density at radius 3 is 2.83 bits per heavy atom. The number of halogens is 1. The first-order valence-corrected chi connectivity index (χ1v) is 6.07. The topological polar surface area (TPSA) is 88.8 Å². The van der Waals surface area contributed by atoms with Crippen LogP contribution in [0.25, 0.3) is 0 Å². The van der Waals surface area contributed by atoms with E-state index < -0.39 is 0 Å². The maximum Gasteiger partial charge on any atom is 0.253 e. The first kappa shape index (κ1) is 12.7. The van der Waals surface area contributed by atoms with Gasteiger partial charge in [-0.15, -0.1) is 0 Å². The third kappa shape index (κ3) is 2.91. The standard InChI is InChI=1S/C11H8ClN3O2S/c12-7-2-1-6(5-16)8(3-7)18-11-14-9(13)4-10(17)15-11/h1-5H,(H3,13,14,15,17). The summed E-state index contributed by atoms with van der Waals surface area (Å²) in [5, 5.41) is 0.805. The van der Waals surface area contributed by atoms with Crippen molar-refractivity contribution >= 4 is 35.5 Å². The van der Waals surface area contributed by atoms with Gasteiger partial charge in [-0.2, -0.15) is 0 Å². The van der Waals surface area contributed by atoms with Crippen molar-refractivity contribution < 1.29 is 4.79 Å². The lowest BCUT2D eigenvalue weighted by atomic mass is 10.2. The molecule has 1 heterocycles. The van der Waals surface area contributed by atoms with Crippen molar-refractivity contribution in [1.82, 2.24) is 9.97 Å². The van der Waals surface area contributed by atoms with Crippen molar-refractivity contribution in [3.63, 3.8) is 0 Å². The number of hydrogen-bond donors (Lipinski definition) is 2. The van der Waals surface area contributed by atoms with E-state index in [1.54, 1.807) is 18.2 Å². The summed E-state index contributed by atoms with van der Waals surface area (Å²) in [7, 11) is 0. The summed E-state index contributed by atoms with van der Waals surface area (Å²) >= 11 is 6.98. The van der Waals surface area contributed by atoms with Crippen molar-refractivity contribution in [2.24, 2.45) is 0 Å². The van der Waals surface area contributed by atoms with Crippen LogP contribution < -0.4 is 11.3 Å². The first-order chi connectivity index (χ1) is 8.58. The maximum atomic E-state index is 11.2. The fourth-order valence-electron chi connectivity index (χ4n) is 1.30. The van der Waals surface area contributed by atoms with Crippen LogP contribution in [0.4, 0.5) is 5.82 Å². The predicted molar refractivity (Wildman–Crippen MR) is 70.2 cm³/mol. The van der Waals surface area contributed by atoms with E-state index in [-0.39, 0.29) is 11.4 Å². The van der Waals surface area contributed by atoms with E-state index in [4.69, 9.17) is 17.3 Å². The van der Waals surface area contributed by atoms with Crippen LogP contribution in [0.3, 0.4) is 0 Å². The number of nitrogens with two attached hydrogens (primary N) is 1. The summed E-state index contributed by atoms with van der Waals surface area (Å²) in [6.07, 6.45) is 0.711. The van der Waals surface area contributed by atoms with Gasteiger partial charge < -0.3 is 10.7 Å². The van der Waals surface area contributed by atoms with Crippen LogP contribution in [0.5, 0.6) is 0 Å². The maximum absolute atomic E-state index is 11.2. The largest absolute Gasteiger partial charge is 0.383 e. The van der Waals surface area contributed by atoms with Crippen LogP contribution in [0.2, 0.25) is 5.02 Å². The average Bonchev–Trinajstić information content (AvgIpc) is 2.27. The molecule has 18 heavy (non-hydrogen) atoms. The fraction of sp³-hybridized carbons (Fsp3) is 0. The molecule has 0 bridgehead atoms. The van der Waals surface area contributed by atoms with Crippen molar-refractivity contribution in [2.45, 2.75) is 10.1 Å². The molecule has 2 aromatic rings. The van der Waals surface area contributed by atoms with Crippen LogP contribution in [0.15, 0.2) is 39.1 Å². The predicted octanol–water partition coefficient (Wildman–Crippen LogP) is 1.97. The summed E-state index contributed by atoms with van der Waals surface area (Å²) < 4.78 is 0. The monoisotopic (exact) mass is 281 g/mol. The van der Waals surface area contributed by atoms with E-state index in [0.717, 1.165) is 11.8 Å². The minimum atomic E-state index is -0.348. The summed E-state index contributed by atoms with van der Waals surface area (Å²) in [4.78, 5) is 29.2. The molecule has 0 aliphatic heterocycles. The molecule has 0 amide bonds. The number of nitrogens with zero attached hydrogens (tertiary/aromatic N) is 1. The molecule has 0 atom stereocenters. The van der Waals surface area contributed by atoms with E-state index in [0.29, 0.717) is 26.9 Å². The van der Waals surface area contributed by atoms with E-state index in [9.17, 15) is 9.59 Å². The SMILES string of the molecule is Nc1cc(=O)[nH]c(Sc2cc(Cl)ccc2C=O)n1. The quantitative estimate of drug-likeness (QED) is 0.663. The molecule has 2 rings (SSSR count). The van der Waals surface area contributed by atoms with Crippen LogP contribution in [-0.4, -0.2) is 16.3 Å². The molecule has 0 saturated heterocycles. The van der Waals surface area contributed by atoms with Gasteiger partial charge in [-0.25, -0.2) is 4.98 Å². The molecule has 0 aliphatic rings. The number of benzene rings is 1. The molecule has 0 unspecified atom stereocenters. The number of aromatic amines is 1. The first-order valence-electron chi connectivity index (χ1n) is 4.88. The Labute approximate surface area is 111 Å². The molecule has 0 spiro atoms. The Hall–Kier alpha value is -1.79. The third-order valence-corrected chi connectivity index (χ3v) is 3.24. The van der Waals surface area contributed by atoms with Crippen molar-refractivity contribution in [2.75, 3.05) is 5.73 Å². The van der Waals surface area contributed by atoms with Gasteiger partial charge in [0.1, 0.15) is 5.82 Å². The van der Waals surface area contributed by atoms with Gasteiger partial charge in [0, 0.05) is 21.5 Å². The van der Waals surface area contributed by atoms with E-state index in [2.05, 4.69) is 9.97 Å². The number of aldehydes is 1. The molecule has 0 radical (unpaired) electrons. The van der Waals surface area contributed by atoms with Gasteiger partial charge >= 0.3 is 0 Å². The Balaban J connectivity index is 2.41. The second-order valence-corrected chi connectivity index (χ2v) is 4.84. The Kier molecular flexibility index (Phi) is 3.69. The van der Waals surface area contributed by atoms with Gasteiger partial charge in [-0.1, -0.05) is 23.4 Å². The summed E-state index contributed by atoms with van der Waals surface area (Å²) in [6, 6.07) is 6.02. The highest BCUT2D eigenvalue weighted by Crippen LogP contribution is 2.29. The Morgan fingerprint density at radius 1 is 1.39 bits per heavy atom. The van der Waals surface area contributed by atoms with Gasteiger partial charge in [0.25, 0.3) is 5.56 Å². The number of aromatic nitrogens is 2. The molecule has 92 valence electrons. The number of carbonyl (C=O) groups is 1. The Bertz CT molecular complexity index is 657. The molecule has 0 fully saturated rings. The zero-order chi connectivity index (χ0) is 13.1. The molecule has 3 N–H and O–H groups in total. The zero-order valence-corrected chi connectivity index (χ0v) is 10.6. The number of nitrogen functional groups attached to an aromatic ring is 1. The molecule has 7 heteroatoms. The number of carbonyl (C=O) groups excluding carboxylic acids is 1. The molecule has 1 aromatic carbocycles. The summed E-state index contributed by atoms with van der Waals surface area (Å²) in [6.45, 7) is 0. The van der Waals surface area contributed by atoms with Crippen molar-refractivity contribution in [3.8, 4) is 0 Å². The molecular formula is C11H8ClN3O2S. The highest BCUT2D eigenvalue weighted by molar-refractivity contribution is 7.99. The number of nitrogens with one attached hydrogen (secondary N) is 1. The van der Waals surface area contributed by atoms with Gasteiger partial charge in [-0.05, 0) is 18.2 Å². The Morgan fingerprint density at radius 2 is 2.17 bits per heavy atom. The van der Waals surface area contributed by atoms with Gasteiger partial charge in [0.15, 0.2) is 11.4 Å². The molecule has 0 aliphatic carbocycles. The minimum Gasteiger partial charge on any atom is -0.383 e. The fourth-order valence-corrected chi connectivity index (χ4v) is 2.47. The van der Waals surface area contributed by atoms with E-state index in [1.807, 2.05) is 0 Å². The van der Waals surface area contributed by atoms with Crippen LogP contribution in [-0.2, 0) is 0 Å². The van der Waals surface area contributed by atoms with E-state index >= 15 is 0 Å². The highest BCUT2D eigenvalue weighted by atomic mass is 35.5. The zero-order valence-electron chi connectivity index (χ0n) is 9.01. The average molecular weight is 282 g/mol. The van der Waals surface area contributed by atoms with Gasteiger partial charge in [0.05, 0.1) is 0 Å². The molecule has 5 nitrogen and oxygen atoms in total.